The van der Waals surface area contributed by atoms with Gasteiger partial charge in [0.1, 0.15) is 5.82 Å². The molecular weight excluding hydrogens is 292 g/mol. The summed E-state index contributed by atoms with van der Waals surface area (Å²) in [5.74, 6) is 0.556. The Morgan fingerprint density at radius 2 is 1.96 bits per heavy atom. The second kappa shape index (κ2) is 8.82. The Bertz CT molecular complexity index is 480. The van der Waals surface area contributed by atoms with Crippen molar-refractivity contribution < 1.29 is 9.90 Å². The van der Waals surface area contributed by atoms with Gasteiger partial charge in [0.25, 0.3) is 0 Å². The number of hydrogen-bond acceptors (Lipinski definition) is 5. The van der Waals surface area contributed by atoms with E-state index in [9.17, 15) is 4.79 Å². The van der Waals surface area contributed by atoms with E-state index < -0.39 is 5.97 Å². The van der Waals surface area contributed by atoms with Crippen LogP contribution in [0.3, 0.4) is 0 Å². The molecule has 1 aliphatic rings. The lowest BCUT2D eigenvalue weighted by Gasteiger charge is -2.33. The van der Waals surface area contributed by atoms with Crippen LogP contribution in [0.15, 0.2) is 12.4 Å². The van der Waals surface area contributed by atoms with Gasteiger partial charge in [0.2, 0.25) is 0 Å². The van der Waals surface area contributed by atoms with Crippen LogP contribution in [0.5, 0.6) is 0 Å². The van der Waals surface area contributed by atoms with Crippen molar-refractivity contribution in [2.45, 2.75) is 39.5 Å². The van der Waals surface area contributed by atoms with Crippen LogP contribution in [0.1, 0.15) is 50.0 Å². The van der Waals surface area contributed by atoms with E-state index in [2.05, 4.69) is 33.6 Å². The molecule has 6 heteroatoms. The Kier molecular flexibility index (Phi) is 6.77. The number of rotatable bonds is 8. The maximum absolute atomic E-state index is 10.8. The van der Waals surface area contributed by atoms with Crippen LogP contribution in [0, 0.1) is 5.92 Å². The number of piperidine rings is 1. The number of carbonyl (C=O) groups is 1. The molecule has 6 nitrogen and oxygen atoms in total. The van der Waals surface area contributed by atoms with Crippen LogP contribution >= 0.6 is 0 Å². The van der Waals surface area contributed by atoms with E-state index in [1.54, 1.807) is 6.20 Å². The van der Waals surface area contributed by atoms with E-state index in [1.165, 1.54) is 38.4 Å². The second-order valence-electron chi connectivity index (χ2n) is 6.16. The van der Waals surface area contributed by atoms with Gasteiger partial charge in [-0.3, -0.25) is 0 Å². The largest absolute Gasteiger partial charge is 0.476 e. The van der Waals surface area contributed by atoms with E-state index in [0.29, 0.717) is 0 Å². The zero-order valence-electron chi connectivity index (χ0n) is 14.2. The number of anilines is 1. The number of aromatic carboxylic acids is 1. The van der Waals surface area contributed by atoms with Crippen LogP contribution in [-0.4, -0.2) is 58.7 Å². The number of aromatic nitrogens is 2. The van der Waals surface area contributed by atoms with E-state index in [1.807, 2.05) is 0 Å². The van der Waals surface area contributed by atoms with Gasteiger partial charge in [-0.15, -0.1) is 0 Å². The summed E-state index contributed by atoms with van der Waals surface area (Å²) in [6.45, 7) is 9.89. The highest BCUT2D eigenvalue weighted by atomic mass is 16.4. The molecule has 0 saturated carbocycles. The predicted octanol–water partition coefficient (Wildman–Crippen LogP) is 2.51. The van der Waals surface area contributed by atoms with E-state index in [4.69, 9.17) is 5.11 Å². The van der Waals surface area contributed by atoms with Crippen molar-refractivity contribution in [3.8, 4) is 0 Å². The molecule has 23 heavy (non-hydrogen) atoms. The number of nitrogens with zero attached hydrogens (tertiary/aromatic N) is 4. The average molecular weight is 320 g/mol. The van der Waals surface area contributed by atoms with Gasteiger partial charge < -0.3 is 14.9 Å². The fraction of sp³-hybridized carbons (Fsp3) is 0.706. The van der Waals surface area contributed by atoms with Crippen LogP contribution in [0.2, 0.25) is 0 Å². The molecule has 0 aliphatic carbocycles. The molecule has 1 aliphatic heterocycles. The maximum Gasteiger partial charge on any atom is 0.356 e. The molecule has 0 aromatic carbocycles. The van der Waals surface area contributed by atoms with Crippen molar-refractivity contribution in [2.75, 3.05) is 37.6 Å². The van der Waals surface area contributed by atoms with Gasteiger partial charge in [0.15, 0.2) is 5.69 Å². The molecule has 0 unspecified atom stereocenters. The monoisotopic (exact) mass is 320 g/mol. The first-order valence-electron chi connectivity index (χ1n) is 8.66. The highest BCUT2D eigenvalue weighted by Crippen LogP contribution is 2.24. The summed E-state index contributed by atoms with van der Waals surface area (Å²) in [5, 5.41) is 8.86. The van der Waals surface area contributed by atoms with Crippen molar-refractivity contribution >= 4 is 11.8 Å². The zero-order chi connectivity index (χ0) is 16.7. The van der Waals surface area contributed by atoms with Gasteiger partial charge in [-0.05, 0) is 51.2 Å². The van der Waals surface area contributed by atoms with Crippen molar-refractivity contribution in [3.63, 3.8) is 0 Å². The minimum Gasteiger partial charge on any atom is -0.476 e. The number of carboxylic acid groups (broad SMARTS) is 1. The Labute approximate surface area is 138 Å². The van der Waals surface area contributed by atoms with E-state index >= 15 is 0 Å². The molecule has 2 heterocycles. The Morgan fingerprint density at radius 3 is 2.48 bits per heavy atom. The zero-order valence-corrected chi connectivity index (χ0v) is 14.2. The van der Waals surface area contributed by atoms with E-state index in [0.717, 1.165) is 37.9 Å². The predicted molar refractivity (Wildman–Crippen MR) is 91.0 cm³/mol. The number of hydrogen-bond donors (Lipinski definition) is 1. The first kappa shape index (κ1) is 17.7. The molecule has 0 radical (unpaired) electrons. The molecule has 0 spiro atoms. The molecule has 128 valence electrons. The highest BCUT2D eigenvalue weighted by Gasteiger charge is 2.20. The summed E-state index contributed by atoms with van der Waals surface area (Å²) < 4.78 is 0. The molecule has 1 fully saturated rings. The van der Waals surface area contributed by atoms with Gasteiger partial charge in [-0.2, -0.15) is 0 Å². The van der Waals surface area contributed by atoms with Crippen LogP contribution in [-0.2, 0) is 0 Å². The van der Waals surface area contributed by atoms with Crippen molar-refractivity contribution in [3.05, 3.63) is 18.1 Å². The molecule has 0 bridgehead atoms. The van der Waals surface area contributed by atoms with Crippen LogP contribution < -0.4 is 4.90 Å². The molecule has 1 aromatic rings. The third-order valence-corrected chi connectivity index (χ3v) is 4.78. The quantitative estimate of drug-likeness (QED) is 0.794. The fourth-order valence-electron chi connectivity index (χ4n) is 3.19. The van der Waals surface area contributed by atoms with Crippen molar-refractivity contribution in [1.29, 1.82) is 0 Å². The lowest BCUT2D eigenvalue weighted by molar-refractivity contribution is 0.0690. The molecule has 0 amide bonds. The van der Waals surface area contributed by atoms with Gasteiger partial charge in [-0.1, -0.05) is 13.8 Å². The normalized spacial score (nSPS) is 16.0. The first-order valence-corrected chi connectivity index (χ1v) is 8.66. The topological polar surface area (TPSA) is 69.6 Å². The van der Waals surface area contributed by atoms with Crippen LogP contribution in [0.4, 0.5) is 5.82 Å². The van der Waals surface area contributed by atoms with Crippen LogP contribution in [0.25, 0.3) is 0 Å². The van der Waals surface area contributed by atoms with Crippen molar-refractivity contribution in [2.24, 2.45) is 5.92 Å². The van der Waals surface area contributed by atoms with Gasteiger partial charge in [0, 0.05) is 13.1 Å². The minimum atomic E-state index is -1.03. The summed E-state index contributed by atoms with van der Waals surface area (Å²) >= 11 is 0. The molecule has 1 aromatic heterocycles. The first-order chi connectivity index (χ1) is 11.1. The summed E-state index contributed by atoms with van der Waals surface area (Å²) in [5.41, 5.74) is 0.0000356. The molecule has 1 N–H and O–H groups in total. The smallest absolute Gasteiger partial charge is 0.356 e. The Hall–Kier alpha value is -1.69. The molecule has 2 rings (SSSR count). The fourth-order valence-corrected chi connectivity index (χ4v) is 3.19. The number of carboxylic acids is 1. The third kappa shape index (κ3) is 5.16. The maximum atomic E-state index is 10.8. The third-order valence-electron chi connectivity index (χ3n) is 4.78. The highest BCUT2D eigenvalue weighted by molar-refractivity contribution is 5.84. The molecular formula is C17H28N4O2. The Morgan fingerprint density at radius 1 is 1.26 bits per heavy atom. The molecule has 1 saturated heterocycles. The molecule has 0 atom stereocenters. The lowest BCUT2D eigenvalue weighted by Crippen LogP contribution is -2.34. The average Bonchev–Trinajstić information content (AvgIpc) is 2.59. The summed E-state index contributed by atoms with van der Waals surface area (Å²) in [4.78, 5) is 23.7. The summed E-state index contributed by atoms with van der Waals surface area (Å²) in [6, 6.07) is 0. The summed E-state index contributed by atoms with van der Waals surface area (Å²) in [7, 11) is 0. The van der Waals surface area contributed by atoms with E-state index in [-0.39, 0.29) is 5.69 Å². The summed E-state index contributed by atoms with van der Waals surface area (Å²) in [6.07, 6.45) is 7.85. The van der Waals surface area contributed by atoms with Gasteiger partial charge >= 0.3 is 5.97 Å². The lowest BCUT2D eigenvalue weighted by atomic mass is 9.92. The van der Waals surface area contributed by atoms with Crippen molar-refractivity contribution in [1.82, 2.24) is 14.9 Å². The standard InChI is InChI=1S/C17H28N4O2/c1-3-20(4-2)9-5-6-14-7-10-21(11-8-14)16-13-18-15(12-19-16)17(22)23/h12-14H,3-11H2,1-2H3,(H,22,23). The SMILES string of the molecule is CCN(CC)CCCC1CCN(c2cnc(C(=O)O)cn2)CC1. The van der Waals surface area contributed by atoms with Gasteiger partial charge in [0.05, 0.1) is 12.4 Å². The minimum absolute atomic E-state index is 0.0000356. The second-order valence-corrected chi connectivity index (χ2v) is 6.16. The van der Waals surface area contributed by atoms with Gasteiger partial charge in [-0.25, -0.2) is 14.8 Å². The Balaban J connectivity index is 1.74.